The van der Waals surface area contributed by atoms with Gasteiger partial charge in [0.2, 0.25) is 0 Å². The molecule has 0 atom stereocenters. The molecule has 1 aromatic heterocycles. The van der Waals surface area contributed by atoms with Gasteiger partial charge in [0.15, 0.2) is 0 Å². The van der Waals surface area contributed by atoms with Crippen molar-refractivity contribution < 1.29 is 14.6 Å². The standard InChI is InChI=1S/C9H14N2OS.C5H10O2/c12-6-8-5-11-9(13-8)7-1-3-10-4-2-7;1-5(2,3)7-4-6/h5,7,10,12H,1-4,6H2;4H,1-3H3. The molecule has 1 aliphatic heterocycles. The van der Waals surface area contributed by atoms with Crippen LogP contribution in [0.4, 0.5) is 0 Å². The lowest BCUT2D eigenvalue weighted by molar-refractivity contribution is -0.138. The number of thiazole rings is 1. The smallest absolute Gasteiger partial charge is 0.293 e. The molecule has 2 rings (SSSR count). The van der Waals surface area contributed by atoms with Gasteiger partial charge >= 0.3 is 0 Å². The number of ether oxygens (including phenoxy) is 1. The molecule has 2 N–H and O–H groups in total. The predicted octanol–water partition coefficient (Wildman–Crippen LogP) is 2.06. The molecule has 0 aromatic carbocycles. The van der Waals surface area contributed by atoms with Crippen LogP contribution in [0, 0.1) is 0 Å². The number of carbonyl (C=O) groups excluding carboxylic acids is 1. The number of hydrogen-bond donors (Lipinski definition) is 2. The minimum Gasteiger partial charge on any atom is -0.462 e. The minimum atomic E-state index is -0.318. The van der Waals surface area contributed by atoms with Gasteiger partial charge in [-0.1, -0.05) is 0 Å². The van der Waals surface area contributed by atoms with Crippen molar-refractivity contribution in [1.82, 2.24) is 10.3 Å². The van der Waals surface area contributed by atoms with E-state index in [0.717, 1.165) is 18.0 Å². The molecule has 5 nitrogen and oxygen atoms in total. The molecule has 1 saturated heterocycles. The van der Waals surface area contributed by atoms with E-state index in [1.807, 2.05) is 20.8 Å². The third-order valence-corrected chi connectivity index (χ3v) is 3.96. The van der Waals surface area contributed by atoms with Crippen molar-refractivity contribution in [1.29, 1.82) is 0 Å². The second-order valence-corrected chi connectivity index (χ2v) is 6.82. The third-order valence-electron chi connectivity index (χ3n) is 2.82. The minimum absolute atomic E-state index is 0.128. The van der Waals surface area contributed by atoms with E-state index in [1.165, 1.54) is 17.8 Å². The zero-order valence-electron chi connectivity index (χ0n) is 12.4. The fourth-order valence-corrected chi connectivity index (χ4v) is 2.74. The summed E-state index contributed by atoms with van der Waals surface area (Å²) in [5.41, 5.74) is -0.318. The van der Waals surface area contributed by atoms with Crippen LogP contribution < -0.4 is 5.32 Å². The van der Waals surface area contributed by atoms with Crippen LogP contribution in [-0.4, -0.2) is 35.3 Å². The number of carbonyl (C=O) groups is 1. The number of rotatable bonds is 3. The summed E-state index contributed by atoms with van der Waals surface area (Å²) in [5.74, 6) is 0.617. The van der Waals surface area contributed by atoms with Gasteiger partial charge in [0, 0.05) is 12.1 Å². The first-order chi connectivity index (χ1) is 9.46. The maximum atomic E-state index is 9.60. The van der Waals surface area contributed by atoms with Gasteiger partial charge in [-0.3, -0.25) is 4.79 Å². The highest BCUT2D eigenvalue weighted by atomic mass is 32.1. The molecule has 2 heterocycles. The monoisotopic (exact) mass is 300 g/mol. The number of piperidine rings is 1. The average molecular weight is 300 g/mol. The highest BCUT2D eigenvalue weighted by Gasteiger charge is 2.17. The van der Waals surface area contributed by atoms with Crippen LogP contribution in [-0.2, 0) is 16.1 Å². The second-order valence-electron chi connectivity index (χ2n) is 5.67. The van der Waals surface area contributed by atoms with Crippen LogP contribution >= 0.6 is 11.3 Å². The lowest BCUT2D eigenvalue weighted by atomic mass is 9.99. The Hall–Kier alpha value is -0.980. The number of nitrogens with zero attached hydrogens (tertiary/aromatic N) is 1. The molecule has 6 heteroatoms. The number of aliphatic hydroxyl groups excluding tert-OH is 1. The first-order valence-electron chi connectivity index (χ1n) is 6.84. The first-order valence-corrected chi connectivity index (χ1v) is 7.65. The highest BCUT2D eigenvalue weighted by Crippen LogP contribution is 2.28. The molecule has 0 radical (unpaired) electrons. The molecule has 0 saturated carbocycles. The molecule has 0 unspecified atom stereocenters. The Bertz CT molecular complexity index is 395. The summed E-state index contributed by atoms with van der Waals surface area (Å²) in [4.78, 5) is 14.9. The third kappa shape index (κ3) is 6.45. The second kappa shape index (κ2) is 8.34. The predicted molar refractivity (Wildman–Crippen MR) is 79.8 cm³/mol. The zero-order valence-corrected chi connectivity index (χ0v) is 13.2. The van der Waals surface area contributed by atoms with Gasteiger partial charge in [0.05, 0.1) is 16.5 Å². The Labute approximate surface area is 124 Å². The largest absolute Gasteiger partial charge is 0.462 e. The lowest BCUT2D eigenvalue weighted by Crippen LogP contribution is -2.26. The molecular weight excluding hydrogens is 276 g/mol. The molecule has 0 amide bonds. The fourth-order valence-electron chi connectivity index (χ4n) is 1.80. The summed E-state index contributed by atoms with van der Waals surface area (Å²) < 4.78 is 4.55. The number of aliphatic hydroxyl groups is 1. The Morgan fingerprint density at radius 2 is 2.15 bits per heavy atom. The van der Waals surface area contributed by atoms with Crippen LogP contribution in [0.1, 0.15) is 49.4 Å². The van der Waals surface area contributed by atoms with Crippen molar-refractivity contribution in [3.8, 4) is 0 Å². The summed E-state index contributed by atoms with van der Waals surface area (Å²) in [6.45, 7) is 8.24. The molecule has 1 aliphatic rings. The van der Waals surface area contributed by atoms with Gasteiger partial charge < -0.3 is 15.2 Å². The van der Waals surface area contributed by atoms with Gasteiger partial charge in [0.1, 0.15) is 5.60 Å². The average Bonchev–Trinajstić information content (AvgIpc) is 2.88. The van der Waals surface area contributed by atoms with Crippen molar-refractivity contribution >= 4 is 17.8 Å². The van der Waals surface area contributed by atoms with E-state index in [-0.39, 0.29) is 12.2 Å². The quantitative estimate of drug-likeness (QED) is 0.836. The topological polar surface area (TPSA) is 71.5 Å². The Kier molecular flexibility index (Phi) is 7.12. The van der Waals surface area contributed by atoms with Crippen molar-refractivity contribution in [2.75, 3.05) is 13.1 Å². The van der Waals surface area contributed by atoms with Crippen molar-refractivity contribution in [3.63, 3.8) is 0 Å². The summed E-state index contributed by atoms with van der Waals surface area (Å²) >= 11 is 1.65. The van der Waals surface area contributed by atoms with E-state index in [9.17, 15) is 4.79 Å². The summed E-state index contributed by atoms with van der Waals surface area (Å²) in [5, 5.41) is 13.4. The van der Waals surface area contributed by atoms with Gasteiger partial charge in [-0.05, 0) is 46.7 Å². The van der Waals surface area contributed by atoms with Crippen LogP contribution in [0.3, 0.4) is 0 Å². The maximum absolute atomic E-state index is 9.60. The van der Waals surface area contributed by atoms with Gasteiger partial charge in [-0.2, -0.15) is 0 Å². The van der Waals surface area contributed by atoms with Gasteiger partial charge in [-0.15, -0.1) is 11.3 Å². The molecule has 0 aliphatic carbocycles. The van der Waals surface area contributed by atoms with Crippen LogP contribution in [0.15, 0.2) is 6.20 Å². The summed E-state index contributed by atoms with van der Waals surface area (Å²) in [7, 11) is 0. The molecule has 20 heavy (non-hydrogen) atoms. The van der Waals surface area contributed by atoms with Crippen LogP contribution in [0.25, 0.3) is 0 Å². The number of nitrogens with one attached hydrogen (secondary N) is 1. The molecule has 1 fully saturated rings. The first kappa shape index (κ1) is 17.1. The van der Waals surface area contributed by atoms with E-state index in [4.69, 9.17) is 5.11 Å². The Morgan fingerprint density at radius 3 is 2.55 bits per heavy atom. The summed E-state index contributed by atoms with van der Waals surface area (Å²) in [6.07, 6.45) is 4.15. The van der Waals surface area contributed by atoms with E-state index in [0.29, 0.717) is 12.4 Å². The highest BCUT2D eigenvalue weighted by molar-refractivity contribution is 7.11. The van der Waals surface area contributed by atoms with Gasteiger partial charge in [0.25, 0.3) is 6.47 Å². The lowest BCUT2D eigenvalue weighted by Gasteiger charge is -2.20. The zero-order chi connectivity index (χ0) is 15.0. The van der Waals surface area contributed by atoms with E-state index < -0.39 is 0 Å². The normalized spacial score (nSPS) is 16.2. The van der Waals surface area contributed by atoms with E-state index in [2.05, 4.69) is 15.0 Å². The molecular formula is C14H24N2O3S. The molecule has 1 aromatic rings. The van der Waals surface area contributed by atoms with Crippen LogP contribution in [0.2, 0.25) is 0 Å². The van der Waals surface area contributed by atoms with E-state index in [1.54, 1.807) is 17.5 Å². The molecule has 0 bridgehead atoms. The molecule has 114 valence electrons. The van der Waals surface area contributed by atoms with Crippen molar-refractivity contribution in [3.05, 3.63) is 16.1 Å². The van der Waals surface area contributed by atoms with Crippen LogP contribution in [0.5, 0.6) is 0 Å². The van der Waals surface area contributed by atoms with Crippen molar-refractivity contribution in [2.45, 2.75) is 51.7 Å². The number of hydrogen-bond acceptors (Lipinski definition) is 6. The number of aromatic nitrogens is 1. The maximum Gasteiger partial charge on any atom is 0.293 e. The Morgan fingerprint density at radius 1 is 1.50 bits per heavy atom. The SMILES string of the molecule is CC(C)(C)OC=O.OCc1cnc(C2CCNCC2)s1. The Balaban J connectivity index is 0.000000246. The van der Waals surface area contributed by atoms with E-state index >= 15 is 0 Å². The molecule has 0 spiro atoms. The van der Waals surface area contributed by atoms with Crippen molar-refractivity contribution in [2.24, 2.45) is 0 Å². The fraction of sp³-hybridized carbons (Fsp3) is 0.714. The van der Waals surface area contributed by atoms with Gasteiger partial charge in [-0.25, -0.2) is 4.98 Å². The summed E-state index contributed by atoms with van der Waals surface area (Å²) in [6, 6.07) is 0.